The average molecular weight is 252 g/mol. The Balaban J connectivity index is 1.96. The van der Waals surface area contributed by atoms with Crippen LogP contribution in [0.25, 0.3) is 16.7 Å². The predicted octanol–water partition coefficient (Wildman–Crippen LogP) is 3.24. The van der Waals surface area contributed by atoms with Crippen LogP contribution in [-0.2, 0) is 0 Å². The van der Waals surface area contributed by atoms with Gasteiger partial charge in [0, 0.05) is 11.6 Å². The van der Waals surface area contributed by atoms with E-state index >= 15 is 0 Å². The Morgan fingerprint density at radius 2 is 2.11 bits per heavy atom. The molecule has 1 N–H and O–H groups in total. The van der Waals surface area contributed by atoms with Gasteiger partial charge < -0.3 is 9.55 Å². The number of benzene rings is 1. The summed E-state index contributed by atoms with van der Waals surface area (Å²) in [7, 11) is 0. The minimum atomic E-state index is 0.644. The molecular formula is C15H16N4. The average Bonchev–Trinajstić information content (AvgIpc) is 3.09. The summed E-state index contributed by atoms with van der Waals surface area (Å²) >= 11 is 0. The zero-order valence-corrected chi connectivity index (χ0v) is 11.1. The minimum absolute atomic E-state index is 0.644. The lowest BCUT2D eigenvalue weighted by Gasteiger charge is -2.05. The molecule has 0 unspecified atom stereocenters. The number of fused-ring (bicyclic) bond motifs is 1. The van der Waals surface area contributed by atoms with Gasteiger partial charge in [-0.1, -0.05) is 6.07 Å². The van der Waals surface area contributed by atoms with E-state index in [1.165, 1.54) is 18.5 Å². The largest absolute Gasteiger partial charge is 0.342 e. The van der Waals surface area contributed by atoms with Crippen molar-refractivity contribution in [2.75, 3.05) is 0 Å². The lowest BCUT2D eigenvalue weighted by atomic mass is 10.2. The van der Waals surface area contributed by atoms with Crippen molar-refractivity contribution in [3.63, 3.8) is 0 Å². The first-order valence-corrected chi connectivity index (χ1v) is 6.73. The molecule has 1 fully saturated rings. The van der Waals surface area contributed by atoms with Crippen LogP contribution < -0.4 is 0 Å². The number of aryl methyl sites for hydroxylation is 1. The fourth-order valence-corrected chi connectivity index (χ4v) is 2.52. The highest BCUT2D eigenvalue weighted by Gasteiger charge is 2.27. The maximum absolute atomic E-state index is 4.80. The number of imidazole rings is 2. The van der Waals surface area contributed by atoms with E-state index in [9.17, 15) is 0 Å². The van der Waals surface area contributed by atoms with E-state index in [0.29, 0.717) is 5.92 Å². The van der Waals surface area contributed by atoms with E-state index in [1.807, 2.05) is 13.3 Å². The van der Waals surface area contributed by atoms with Crippen LogP contribution in [0.2, 0.25) is 0 Å². The zero-order chi connectivity index (χ0) is 13.0. The number of hydrogen-bond acceptors (Lipinski definition) is 2. The number of para-hydroxylation sites is 1. The third-order valence-corrected chi connectivity index (χ3v) is 3.99. The van der Waals surface area contributed by atoms with Crippen LogP contribution in [0, 0.1) is 13.8 Å². The molecule has 4 heteroatoms. The first-order chi connectivity index (χ1) is 9.24. The van der Waals surface area contributed by atoms with E-state index in [1.54, 1.807) is 0 Å². The third kappa shape index (κ3) is 1.59. The summed E-state index contributed by atoms with van der Waals surface area (Å²) in [5.74, 6) is 1.78. The molecule has 3 aromatic rings. The molecule has 2 aromatic heterocycles. The van der Waals surface area contributed by atoms with Crippen molar-refractivity contribution in [2.45, 2.75) is 32.6 Å². The van der Waals surface area contributed by atoms with Gasteiger partial charge in [-0.3, -0.25) is 0 Å². The first-order valence-electron chi connectivity index (χ1n) is 6.73. The normalized spacial score (nSPS) is 15.3. The summed E-state index contributed by atoms with van der Waals surface area (Å²) in [5, 5.41) is 0. The molecule has 1 saturated carbocycles. The molecule has 1 aliphatic carbocycles. The lowest BCUT2D eigenvalue weighted by Crippen LogP contribution is -1.96. The van der Waals surface area contributed by atoms with Gasteiger partial charge in [-0.2, -0.15) is 0 Å². The van der Waals surface area contributed by atoms with E-state index in [-0.39, 0.29) is 0 Å². The van der Waals surface area contributed by atoms with Gasteiger partial charge in [-0.25, -0.2) is 9.97 Å². The summed E-state index contributed by atoms with van der Waals surface area (Å²) in [6, 6.07) is 6.27. The summed E-state index contributed by atoms with van der Waals surface area (Å²) in [6.45, 7) is 4.13. The highest BCUT2D eigenvalue weighted by atomic mass is 15.1. The molecular weight excluding hydrogens is 236 g/mol. The number of rotatable bonds is 2. The Morgan fingerprint density at radius 3 is 2.79 bits per heavy atom. The number of aromatic amines is 1. The van der Waals surface area contributed by atoms with Gasteiger partial charge in [0.05, 0.1) is 23.2 Å². The molecule has 96 valence electrons. The van der Waals surface area contributed by atoms with Crippen molar-refractivity contribution in [1.82, 2.24) is 19.5 Å². The maximum atomic E-state index is 4.80. The molecule has 0 aliphatic heterocycles. The number of hydrogen-bond donors (Lipinski definition) is 1. The van der Waals surface area contributed by atoms with Gasteiger partial charge in [-0.15, -0.1) is 0 Å². The van der Waals surface area contributed by atoms with Crippen LogP contribution in [0.5, 0.6) is 0 Å². The number of aromatic nitrogens is 4. The number of nitrogens with one attached hydrogen (secondary N) is 1. The third-order valence-electron chi connectivity index (χ3n) is 3.99. The van der Waals surface area contributed by atoms with E-state index in [0.717, 1.165) is 28.2 Å². The van der Waals surface area contributed by atoms with Crippen LogP contribution in [0.3, 0.4) is 0 Å². The predicted molar refractivity (Wildman–Crippen MR) is 74.7 cm³/mol. The molecule has 4 rings (SSSR count). The fraction of sp³-hybridized carbons (Fsp3) is 0.333. The quantitative estimate of drug-likeness (QED) is 0.761. The van der Waals surface area contributed by atoms with E-state index < -0.39 is 0 Å². The summed E-state index contributed by atoms with van der Waals surface area (Å²) < 4.78 is 2.12. The second-order valence-electron chi connectivity index (χ2n) is 5.36. The van der Waals surface area contributed by atoms with Gasteiger partial charge >= 0.3 is 0 Å². The zero-order valence-electron chi connectivity index (χ0n) is 11.1. The second kappa shape index (κ2) is 3.70. The molecule has 0 amide bonds. The Hall–Kier alpha value is -2.10. The monoisotopic (exact) mass is 252 g/mol. The van der Waals surface area contributed by atoms with Crippen LogP contribution >= 0.6 is 0 Å². The van der Waals surface area contributed by atoms with Crippen molar-refractivity contribution < 1.29 is 0 Å². The van der Waals surface area contributed by atoms with Gasteiger partial charge in [0.25, 0.3) is 0 Å². The molecule has 0 spiro atoms. The molecule has 1 aromatic carbocycles. The van der Waals surface area contributed by atoms with Crippen molar-refractivity contribution in [2.24, 2.45) is 0 Å². The van der Waals surface area contributed by atoms with Crippen molar-refractivity contribution in [3.8, 4) is 5.69 Å². The molecule has 0 saturated heterocycles. The second-order valence-corrected chi connectivity index (χ2v) is 5.36. The lowest BCUT2D eigenvalue weighted by molar-refractivity contribution is 0.978. The Kier molecular flexibility index (Phi) is 2.10. The summed E-state index contributed by atoms with van der Waals surface area (Å²) in [6.07, 6.45) is 4.40. The molecule has 19 heavy (non-hydrogen) atoms. The minimum Gasteiger partial charge on any atom is -0.342 e. The van der Waals surface area contributed by atoms with E-state index in [4.69, 9.17) is 4.98 Å². The first kappa shape index (κ1) is 10.8. The Labute approximate surface area is 111 Å². The maximum Gasteiger partial charge on any atom is 0.113 e. The van der Waals surface area contributed by atoms with Gasteiger partial charge in [-0.05, 0) is 38.8 Å². The number of nitrogens with zero attached hydrogens (tertiary/aromatic N) is 3. The van der Waals surface area contributed by atoms with Crippen molar-refractivity contribution >= 4 is 11.0 Å². The standard InChI is InChI=1S/C15H16N4/c1-9-10(2)19(8-16-9)13-5-3-4-12-14(13)18-15(17-12)11-6-7-11/h3-5,8,11H,6-7H2,1-2H3,(H,17,18). The number of H-pyrrole nitrogens is 1. The van der Waals surface area contributed by atoms with Crippen LogP contribution in [-0.4, -0.2) is 19.5 Å². The topological polar surface area (TPSA) is 46.5 Å². The van der Waals surface area contributed by atoms with Gasteiger partial charge in [0.1, 0.15) is 11.3 Å². The van der Waals surface area contributed by atoms with Crippen LogP contribution in [0.1, 0.15) is 36.0 Å². The molecule has 0 atom stereocenters. The SMILES string of the molecule is Cc1ncn(-c2cccc3[nH]c(C4CC4)nc23)c1C. The van der Waals surface area contributed by atoms with Crippen molar-refractivity contribution in [1.29, 1.82) is 0 Å². The van der Waals surface area contributed by atoms with Gasteiger partial charge in [0.2, 0.25) is 0 Å². The molecule has 1 aliphatic rings. The highest BCUT2D eigenvalue weighted by molar-refractivity contribution is 5.84. The van der Waals surface area contributed by atoms with Crippen LogP contribution in [0.15, 0.2) is 24.5 Å². The summed E-state index contributed by atoms with van der Waals surface area (Å²) in [5.41, 5.74) is 5.51. The van der Waals surface area contributed by atoms with Crippen molar-refractivity contribution in [3.05, 3.63) is 41.7 Å². The molecule has 4 nitrogen and oxygen atoms in total. The van der Waals surface area contributed by atoms with E-state index in [2.05, 4.69) is 39.7 Å². The molecule has 0 radical (unpaired) electrons. The Morgan fingerprint density at radius 1 is 1.26 bits per heavy atom. The molecule has 2 heterocycles. The van der Waals surface area contributed by atoms with Crippen LogP contribution in [0.4, 0.5) is 0 Å². The molecule has 0 bridgehead atoms. The Bertz CT molecular complexity index is 762. The highest BCUT2D eigenvalue weighted by Crippen LogP contribution is 2.39. The smallest absolute Gasteiger partial charge is 0.113 e. The fourth-order valence-electron chi connectivity index (χ4n) is 2.52. The van der Waals surface area contributed by atoms with Gasteiger partial charge in [0.15, 0.2) is 0 Å². The summed E-state index contributed by atoms with van der Waals surface area (Å²) in [4.78, 5) is 12.6.